The summed E-state index contributed by atoms with van der Waals surface area (Å²) in [5.74, 6) is 0.911. The summed E-state index contributed by atoms with van der Waals surface area (Å²) in [5, 5.41) is 0. The second-order valence-corrected chi connectivity index (χ2v) is 10.4. The van der Waals surface area contributed by atoms with E-state index in [1.807, 2.05) is 0 Å². The van der Waals surface area contributed by atoms with Crippen molar-refractivity contribution < 1.29 is 9.59 Å². The van der Waals surface area contributed by atoms with Crippen LogP contribution in [0, 0.1) is 11.3 Å². The number of nitrogens with zero attached hydrogens (tertiary/aromatic N) is 4. The number of carbonyl (C=O) groups is 2. The number of hydrogen-bond acceptors (Lipinski definition) is 4. The number of rotatable bonds is 5. The summed E-state index contributed by atoms with van der Waals surface area (Å²) in [5.41, 5.74) is 0.465. The minimum Gasteiger partial charge on any atom is -0.343 e. The minimum atomic E-state index is 0.172. The highest BCUT2D eigenvalue weighted by atomic mass is 16.2. The second-order valence-electron chi connectivity index (χ2n) is 10.4. The molecule has 0 bridgehead atoms. The van der Waals surface area contributed by atoms with Crippen molar-refractivity contribution in [3.63, 3.8) is 0 Å². The van der Waals surface area contributed by atoms with Gasteiger partial charge in [0, 0.05) is 58.3 Å². The third-order valence-corrected chi connectivity index (χ3v) is 8.00. The first-order valence-electron chi connectivity index (χ1n) is 11.9. The van der Waals surface area contributed by atoms with E-state index in [-0.39, 0.29) is 5.92 Å². The molecule has 4 fully saturated rings. The van der Waals surface area contributed by atoms with Gasteiger partial charge in [-0.25, -0.2) is 0 Å². The van der Waals surface area contributed by atoms with Crippen molar-refractivity contribution >= 4 is 11.8 Å². The van der Waals surface area contributed by atoms with Crippen LogP contribution < -0.4 is 0 Å². The van der Waals surface area contributed by atoms with Gasteiger partial charge in [-0.2, -0.15) is 0 Å². The normalized spacial score (nSPS) is 29.1. The smallest absolute Gasteiger partial charge is 0.227 e. The monoisotopic (exact) mass is 404 g/mol. The predicted molar refractivity (Wildman–Crippen MR) is 115 cm³/mol. The van der Waals surface area contributed by atoms with Gasteiger partial charge in [-0.05, 0) is 64.0 Å². The number of carbonyl (C=O) groups excluding carboxylic acids is 2. The van der Waals surface area contributed by atoms with Gasteiger partial charge >= 0.3 is 0 Å². The topological polar surface area (TPSA) is 47.1 Å². The van der Waals surface area contributed by atoms with Gasteiger partial charge in [-0.1, -0.05) is 6.92 Å². The van der Waals surface area contributed by atoms with Crippen molar-refractivity contribution in [3.05, 3.63) is 0 Å². The maximum atomic E-state index is 13.0. The Balaban J connectivity index is 1.22. The molecule has 3 aliphatic heterocycles. The average molecular weight is 405 g/mol. The fourth-order valence-corrected chi connectivity index (χ4v) is 5.34. The lowest BCUT2D eigenvalue weighted by Crippen LogP contribution is -2.54. The Morgan fingerprint density at radius 1 is 0.897 bits per heavy atom. The highest BCUT2D eigenvalue weighted by molar-refractivity contribution is 5.79. The molecule has 0 aromatic heterocycles. The molecule has 29 heavy (non-hydrogen) atoms. The van der Waals surface area contributed by atoms with Crippen LogP contribution in [0.3, 0.4) is 0 Å². The van der Waals surface area contributed by atoms with Crippen molar-refractivity contribution in [2.45, 2.75) is 64.3 Å². The fourth-order valence-electron chi connectivity index (χ4n) is 5.34. The fraction of sp³-hybridized carbons (Fsp3) is 0.913. The largest absolute Gasteiger partial charge is 0.343 e. The van der Waals surface area contributed by atoms with Gasteiger partial charge in [0.2, 0.25) is 11.8 Å². The number of hydrogen-bond donors (Lipinski definition) is 0. The van der Waals surface area contributed by atoms with E-state index in [0.717, 1.165) is 90.9 Å². The van der Waals surface area contributed by atoms with E-state index >= 15 is 0 Å². The molecule has 1 aliphatic carbocycles. The summed E-state index contributed by atoms with van der Waals surface area (Å²) < 4.78 is 0. The molecule has 0 aromatic carbocycles. The Morgan fingerprint density at radius 3 is 2.24 bits per heavy atom. The van der Waals surface area contributed by atoms with Gasteiger partial charge in [0.15, 0.2) is 0 Å². The van der Waals surface area contributed by atoms with Crippen LogP contribution in [-0.2, 0) is 9.59 Å². The zero-order valence-electron chi connectivity index (χ0n) is 18.6. The molecule has 0 N–H and O–H groups in total. The Hall–Kier alpha value is -1.14. The van der Waals surface area contributed by atoms with Gasteiger partial charge in [0.25, 0.3) is 0 Å². The van der Waals surface area contributed by atoms with E-state index in [1.54, 1.807) is 0 Å². The number of amides is 2. The molecule has 6 nitrogen and oxygen atoms in total. The first-order chi connectivity index (χ1) is 13.9. The molecule has 4 rings (SSSR count). The summed E-state index contributed by atoms with van der Waals surface area (Å²) in [6.07, 6.45) is 8.69. The Labute approximate surface area is 176 Å². The number of likely N-dealkylation sites (N-methyl/N-ethyl adjacent to an activating group) is 1. The highest BCUT2D eigenvalue weighted by Gasteiger charge is 2.38. The van der Waals surface area contributed by atoms with Crippen molar-refractivity contribution in [2.75, 3.05) is 59.4 Å². The molecule has 4 aliphatic rings. The van der Waals surface area contributed by atoms with Gasteiger partial charge < -0.3 is 14.7 Å². The highest BCUT2D eigenvalue weighted by Crippen LogP contribution is 2.49. The van der Waals surface area contributed by atoms with Crippen LogP contribution in [0.1, 0.15) is 58.3 Å². The zero-order chi connectivity index (χ0) is 20.4. The van der Waals surface area contributed by atoms with Gasteiger partial charge in [-0.15, -0.1) is 0 Å². The van der Waals surface area contributed by atoms with Crippen molar-refractivity contribution in [2.24, 2.45) is 11.3 Å². The van der Waals surface area contributed by atoms with Gasteiger partial charge in [-0.3, -0.25) is 14.5 Å². The van der Waals surface area contributed by atoms with Crippen LogP contribution in [0.15, 0.2) is 0 Å². The average Bonchev–Trinajstić information content (AvgIpc) is 3.50. The minimum absolute atomic E-state index is 0.172. The number of piperidine rings is 2. The predicted octanol–water partition coefficient (Wildman–Crippen LogP) is 2.04. The standard InChI is InChI=1S/C23H40N4O2/c1-23(9-10-23)8-5-21(28)25-12-6-20(7-13-25)27-11-3-4-19(18-27)22(29)26-16-14-24(2)15-17-26/h19-20H,3-18H2,1-2H3/t19-/m0/s1. The quantitative estimate of drug-likeness (QED) is 0.704. The van der Waals surface area contributed by atoms with Gasteiger partial charge in [0.05, 0.1) is 5.92 Å². The van der Waals surface area contributed by atoms with Crippen LogP contribution in [0.4, 0.5) is 0 Å². The van der Waals surface area contributed by atoms with Crippen LogP contribution in [0.2, 0.25) is 0 Å². The lowest BCUT2D eigenvalue weighted by molar-refractivity contribution is -0.139. The van der Waals surface area contributed by atoms with E-state index in [1.165, 1.54) is 12.8 Å². The molecule has 0 aromatic rings. The van der Waals surface area contributed by atoms with Crippen LogP contribution in [-0.4, -0.2) is 96.9 Å². The summed E-state index contributed by atoms with van der Waals surface area (Å²) in [4.78, 5) is 34.6. The molecule has 1 atom stereocenters. The Bertz CT molecular complexity index is 590. The maximum Gasteiger partial charge on any atom is 0.227 e. The van der Waals surface area contributed by atoms with Crippen LogP contribution >= 0.6 is 0 Å². The molecule has 6 heteroatoms. The van der Waals surface area contributed by atoms with Crippen molar-refractivity contribution in [1.82, 2.24) is 19.6 Å². The van der Waals surface area contributed by atoms with E-state index in [0.29, 0.717) is 23.3 Å². The first-order valence-corrected chi connectivity index (χ1v) is 11.9. The molecule has 0 spiro atoms. The molecular formula is C23H40N4O2. The molecule has 0 unspecified atom stereocenters. The third-order valence-electron chi connectivity index (χ3n) is 8.00. The second kappa shape index (κ2) is 8.93. The zero-order valence-corrected chi connectivity index (χ0v) is 18.6. The summed E-state index contributed by atoms with van der Waals surface area (Å²) >= 11 is 0. The SMILES string of the molecule is CN1CCN(C(=O)[C@H]2CCCN(C3CCN(C(=O)CCC4(C)CC4)CC3)C2)CC1. The van der Waals surface area contributed by atoms with Crippen LogP contribution in [0.25, 0.3) is 0 Å². The van der Waals surface area contributed by atoms with Crippen molar-refractivity contribution in [3.8, 4) is 0 Å². The molecule has 1 saturated carbocycles. The summed E-state index contributed by atoms with van der Waals surface area (Å²) in [7, 11) is 2.13. The molecule has 3 saturated heterocycles. The van der Waals surface area contributed by atoms with E-state index in [4.69, 9.17) is 0 Å². The number of piperazine rings is 1. The van der Waals surface area contributed by atoms with Crippen molar-refractivity contribution in [1.29, 1.82) is 0 Å². The summed E-state index contributed by atoms with van der Waals surface area (Å²) in [6, 6.07) is 0.545. The van der Waals surface area contributed by atoms with E-state index < -0.39 is 0 Å². The van der Waals surface area contributed by atoms with Crippen LogP contribution in [0.5, 0.6) is 0 Å². The van der Waals surface area contributed by atoms with Gasteiger partial charge in [0.1, 0.15) is 0 Å². The van der Waals surface area contributed by atoms with E-state index in [9.17, 15) is 9.59 Å². The number of likely N-dealkylation sites (tertiary alicyclic amines) is 2. The van der Waals surface area contributed by atoms with E-state index in [2.05, 4.69) is 33.6 Å². The molecule has 3 heterocycles. The third kappa shape index (κ3) is 5.32. The Kier molecular flexibility index (Phi) is 6.50. The molecular weight excluding hydrogens is 364 g/mol. The molecule has 0 radical (unpaired) electrons. The molecule has 2 amide bonds. The lowest BCUT2D eigenvalue weighted by atomic mass is 9.92. The summed E-state index contributed by atoms with van der Waals surface area (Å²) in [6.45, 7) is 9.88. The lowest BCUT2D eigenvalue weighted by Gasteiger charge is -2.43. The Morgan fingerprint density at radius 2 is 1.59 bits per heavy atom. The maximum absolute atomic E-state index is 13.0. The molecule has 164 valence electrons. The first kappa shape index (κ1) is 21.1.